The molecule has 0 aliphatic carbocycles. The van der Waals surface area contributed by atoms with E-state index in [0.29, 0.717) is 40.3 Å². The highest BCUT2D eigenvalue weighted by molar-refractivity contribution is 9.10. The fourth-order valence-corrected chi connectivity index (χ4v) is 3.31. The highest BCUT2D eigenvalue weighted by Crippen LogP contribution is 2.37. The first kappa shape index (κ1) is 22.5. The molecule has 3 rings (SSSR count). The van der Waals surface area contributed by atoms with Crippen molar-refractivity contribution in [2.45, 2.75) is 20.5 Å². The molecule has 0 fully saturated rings. The number of hydrogen-bond acceptors (Lipinski definition) is 4. The molecule has 0 saturated heterocycles. The second-order valence-corrected chi connectivity index (χ2v) is 7.60. The minimum absolute atomic E-state index is 0.314. The number of nitrogens with zero attached hydrogens (tertiary/aromatic N) is 1. The summed E-state index contributed by atoms with van der Waals surface area (Å²) in [5.74, 6) is 0.321. The Hall–Kier alpha value is -3.19. The van der Waals surface area contributed by atoms with Crippen LogP contribution in [-0.4, -0.2) is 18.7 Å². The fourth-order valence-electron chi connectivity index (χ4n) is 2.74. The fraction of sp³-hybridized carbons (Fsp3) is 0.167. The van der Waals surface area contributed by atoms with E-state index in [0.717, 1.165) is 5.56 Å². The monoisotopic (exact) mass is 484 g/mol. The van der Waals surface area contributed by atoms with Crippen molar-refractivity contribution < 1.29 is 18.7 Å². The van der Waals surface area contributed by atoms with Gasteiger partial charge in [0.1, 0.15) is 12.4 Å². The smallest absolute Gasteiger partial charge is 0.271 e. The Morgan fingerprint density at radius 1 is 1.10 bits per heavy atom. The van der Waals surface area contributed by atoms with E-state index < -0.39 is 11.7 Å². The Bertz CT molecular complexity index is 1070. The molecule has 160 valence electrons. The zero-order valence-electron chi connectivity index (χ0n) is 17.2. The van der Waals surface area contributed by atoms with Crippen molar-refractivity contribution in [3.05, 3.63) is 93.2 Å². The lowest BCUT2D eigenvalue weighted by atomic mass is 10.1. The Labute approximate surface area is 189 Å². The standard InChI is InChI=1S/C24H22BrFN2O3/c1-3-30-22-13-18(14-27-28-24(29)19-8-10-20(26)11-9-19)12-21(25)23(22)31-15-17-6-4-16(2)5-7-17/h4-14H,3,15H2,1-2H3,(H,28,29)/b27-14-. The van der Waals surface area contributed by atoms with E-state index >= 15 is 0 Å². The molecule has 3 aromatic rings. The number of hydrazone groups is 1. The van der Waals surface area contributed by atoms with Crippen LogP contribution >= 0.6 is 15.9 Å². The molecule has 0 atom stereocenters. The van der Waals surface area contributed by atoms with E-state index in [1.807, 2.05) is 44.2 Å². The van der Waals surface area contributed by atoms with Gasteiger partial charge in [0, 0.05) is 5.56 Å². The first-order chi connectivity index (χ1) is 15.0. The molecule has 0 bridgehead atoms. The maximum absolute atomic E-state index is 13.0. The van der Waals surface area contributed by atoms with E-state index in [1.165, 1.54) is 36.0 Å². The summed E-state index contributed by atoms with van der Waals surface area (Å²) in [6.07, 6.45) is 1.50. The van der Waals surface area contributed by atoms with Crippen molar-refractivity contribution in [1.82, 2.24) is 5.43 Å². The quantitative estimate of drug-likeness (QED) is 0.332. The van der Waals surface area contributed by atoms with Gasteiger partial charge in [-0.3, -0.25) is 4.79 Å². The van der Waals surface area contributed by atoms with Gasteiger partial charge in [-0.05, 0) is 77.3 Å². The minimum atomic E-state index is -0.432. The normalized spacial score (nSPS) is 10.8. The lowest BCUT2D eigenvalue weighted by Crippen LogP contribution is -2.17. The number of ether oxygens (including phenoxy) is 2. The maximum Gasteiger partial charge on any atom is 0.271 e. The van der Waals surface area contributed by atoms with Crippen LogP contribution < -0.4 is 14.9 Å². The summed E-state index contributed by atoms with van der Waals surface area (Å²) in [7, 11) is 0. The second kappa shape index (κ2) is 10.7. The molecular weight excluding hydrogens is 463 g/mol. The third kappa shape index (κ3) is 6.39. The number of halogens is 2. The number of benzene rings is 3. The number of carbonyl (C=O) groups excluding carboxylic acids is 1. The summed E-state index contributed by atoms with van der Waals surface area (Å²) in [6, 6.07) is 17.0. The molecule has 1 N–H and O–H groups in total. The van der Waals surface area contributed by atoms with Gasteiger partial charge >= 0.3 is 0 Å². The van der Waals surface area contributed by atoms with Gasteiger partial charge in [-0.25, -0.2) is 9.82 Å². The van der Waals surface area contributed by atoms with Gasteiger partial charge in [0.05, 0.1) is 17.3 Å². The summed E-state index contributed by atoms with van der Waals surface area (Å²) in [4.78, 5) is 12.1. The van der Waals surface area contributed by atoms with Crippen LogP contribution in [0.25, 0.3) is 0 Å². The van der Waals surface area contributed by atoms with Crippen molar-refractivity contribution in [3.8, 4) is 11.5 Å². The van der Waals surface area contributed by atoms with Crippen LogP contribution in [0.3, 0.4) is 0 Å². The molecule has 0 radical (unpaired) electrons. The Morgan fingerprint density at radius 3 is 2.48 bits per heavy atom. The molecule has 31 heavy (non-hydrogen) atoms. The Balaban J connectivity index is 1.71. The van der Waals surface area contributed by atoms with E-state index in [1.54, 1.807) is 6.07 Å². The summed E-state index contributed by atoms with van der Waals surface area (Å²) in [6.45, 7) is 4.80. The molecule has 3 aromatic carbocycles. The highest BCUT2D eigenvalue weighted by Gasteiger charge is 2.12. The molecule has 5 nitrogen and oxygen atoms in total. The van der Waals surface area contributed by atoms with Gasteiger partial charge in [0.2, 0.25) is 0 Å². The van der Waals surface area contributed by atoms with Crippen LogP contribution in [0.2, 0.25) is 0 Å². The Morgan fingerprint density at radius 2 is 1.81 bits per heavy atom. The lowest BCUT2D eigenvalue weighted by molar-refractivity contribution is 0.0955. The third-order valence-electron chi connectivity index (χ3n) is 4.32. The van der Waals surface area contributed by atoms with E-state index in [9.17, 15) is 9.18 Å². The largest absolute Gasteiger partial charge is 0.490 e. The predicted octanol–water partition coefficient (Wildman–Crippen LogP) is 5.64. The molecule has 7 heteroatoms. The van der Waals surface area contributed by atoms with Crippen LogP contribution in [-0.2, 0) is 6.61 Å². The minimum Gasteiger partial charge on any atom is -0.490 e. The van der Waals surface area contributed by atoms with E-state index in [-0.39, 0.29) is 0 Å². The van der Waals surface area contributed by atoms with Crippen LogP contribution in [0.15, 0.2) is 70.2 Å². The molecular formula is C24H22BrFN2O3. The number of carbonyl (C=O) groups is 1. The number of amides is 1. The van der Waals surface area contributed by atoms with Crippen LogP contribution in [0.1, 0.15) is 34.0 Å². The van der Waals surface area contributed by atoms with Crippen molar-refractivity contribution >= 4 is 28.1 Å². The average molecular weight is 485 g/mol. The van der Waals surface area contributed by atoms with E-state index in [4.69, 9.17) is 9.47 Å². The second-order valence-electron chi connectivity index (χ2n) is 6.74. The maximum atomic E-state index is 13.0. The van der Waals surface area contributed by atoms with Crippen molar-refractivity contribution in [2.75, 3.05) is 6.61 Å². The molecule has 0 saturated carbocycles. The van der Waals surface area contributed by atoms with Gasteiger partial charge in [0.25, 0.3) is 5.91 Å². The molecule has 0 spiro atoms. The zero-order chi connectivity index (χ0) is 22.2. The molecule has 0 heterocycles. The molecule has 1 amide bonds. The Kier molecular flexibility index (Phi) is 7.78. The van der Waals surface area contributed by atoms with Gasteiger partial charge in [-0.1, -0.05) is 29.8 Å². The lowest BCUT2D eigenvalue weighted by Gasteiger charge is -2.15. The topological polar surface area (TPSA) is 59.9 Å². The molecule has 0 aliphatic rings. The molecule has 0 aliphatic heterocycles. The number of rotatable bonds is 8. The predicted molar refractivity (Wildman–Crippen MR) is 122 cm³/mol. The van der Waals surface area contributed by atoms with Crippen molar-refractivity contribution in [3.63, 3.8) is 0 Å². The molecule has 0 unspecified atom stereocenters. The zero-order valence-corrected chi connectivity index (χ0v) is 18.8. The highest BCUT2D eigenvalue weighted by atomic mass is 79.9. The van der Waals surface area contributed by atoms with E-state index in [2.05, 4.69) is 26.5 Å². The number of hydrogen-bond donors (Lipinski definition) is 1. The number of aryl methyl sites for hydroxylation is 1. The van der Waals surface area contributed by atoms with Gasteiger partial charge in [0.15, 0.2) is 11.5 Å². The van der Waals surface area contributed by atoms with Crippen LogP contribution in [0, 0.1) is 12.7 Å². The first-order valence-electron chi connectivity index (χ1n) is 9.70. The average Bonchev–Trinajstić information content (AvgIpc) is 2.75. The SMILES string of the molecule is CCOc1cc(/C=N\NC(=O)c2ccc(F)cc2)cc(Br)c1OCc1ccc(C)cc1. The summed E-state index contributed by atoms with van der Waals surface area (Å²) < 4.78 is 25.4. The van der Waals surface area contributed by atoms with Gasteiger partial charge in [-0.15, -0.1) is 0 Å². The van der Waals surface area contributed by atoms with Crippen LogP contribution in [0.5, 0.6) is 11.5 Å². The third-order valence-corrected chi connectivity index (χ3v) is 4.91. The summed E-state index contributed by atoms with van der Waals surface area (Å²) in [5, 5.41) is 3.98. The van der Waals surface area contributed by atoms with Crippen molar-refractivity contribution in [1.29, 1.82) is 0 Å². The van der Waals surface area contributed by atoms with Gasteiger partial charge < -0.3 is 9.47 Å². The first-order valence-corrected chi connectivity index (χ1v) is 10.5. The van der Waals surface area contributed by atoms with Gasteiger partial charge in [-0.2, -0.15) is 5.10 Å². The summed E-state index contributed by atoms with van der Waals surface area (Å²) in [5.41, 5.74) is 5.68. The van der Waals surface area contributed by atoms with Crippen molar-refractivity contribution in [2.24, 2.45) is 5.10 Å². The number of nitrogens with one attached hydrogen (secondary N) is 1. The summed E-state index contributed by atoms with van der Waals surface area (Å²) >= 11 is 3.53. The molecule has 0 aromatic heterocycles. The van der Waals surface area contributed by atoms with Crippen LogP contribution in [0.4, 0.5) is 4.39 Å².